The van der Waals surface area contributed by atoms with Gasteiger partial charge in [-0.15, -0.1) is 0 Å². The van der Waals surface area contributed by atoms with Crippen LogP contribution in [-0.2, 0) is 0 Å². The maximum Gasteiger partial charge on any atom is 0.273 e. The van der Waals surface area contributed by atoms with Gasteiger partial charge in [0.25, 0.3) is 5.56 Å². The van der Waals surface area contributed by atoms with Crippen molar-refractivity contribution >= 4 is 21.6 Å². The van der Waals surface area contributed by atoms with E-state index in [9.17, 15) is 4.79 Å². The number of nitrogens with one attached hydrogen (secondary N) is 1. The van der Waals surface area contributed by atoms with Crippen LogP contribution in [0.15, 0.2) is 76.1 Å². The highest BCUT2D eigenvalue weighted by atomic mass is 79.9. The van der Waals surface area contributed by atoms with Crippen molar-refractivity contribution in [3.63, 3.8) is 0 Å². The maximum atomic E-state index is 12.4. The molecule has 2 heterocycles. The number of benzene rings is 2. The fraction of sp³-hybridized carbons (Fsp3) is 0. The lowest BCUT2D eigenvalue weighted by molar-refractivity contribution is 0.901. The lowest BCUT2D eigenvalue weighted by Gasteiger charge is -2.03. The predicted octanol–water partition coefficient (Wildman–Crippen LogP) is 4.12. The molecular formula is C18H12BrN3O. The van der Waals surface area contributed by atoms with Crippen LogP contribution in [0.3, 0.4) is 0 Å². The second-order valence-electron chi connectivity index (χ2n) is 5.20. The van der Waals surface area contributed by atoms with Crippen LogP contribution in [0.2, 0.25) is 0 Å². The Kier molecular flexibility index (Phi) is 3.35. The fourth-order valence-corrected chi connectivity index (χ4v) is 3.01. The molecule has 4 nitrogen and oxygen atoms in total. The summed E-state index contributed by atoms with van der Waals surface area (Å²) in [6.45, 7) is 0. The molecule has 2 aromatic heterocycles. The van der Waals surface area contributed by atoms with Gasteiger partial charge in [-0.05, 0) is 17.7 Å². The Morgan fingerprint density at radius 2 is 1.74 bits per heavy atom. The number of hydrogen-bond donors (Lipinski definition) is 1. The van der Waals surface area contributed by atoms with Crippen LogP contribution in [0.25, 0.3) is 28.0 Å². The topological polar surface area (TPSA) is 50.2 Å². The zero-order valence-corrected chi connectivity index (χ0v) is 13.6. The van der Waals surface area contributed by atoms with E-state index >= 15 is 0 Å². The van der Waals surface area contributed by atoms with E-state index in [1.165, 1.54) is 4.52 Å². The van der Waals surface area contributed by atoms with E-state index in [4.69, 9.17) is 0 Å². The third-order valence-electron chi connectivity index (χ3n) is 3.70. The molecule has 23 heavy (non-hydrogen) atoms. The largest absolute Gasteiger partial charge is 0.296 e. The van der Waals surface area contributed by atoms with E-state index < -0.39 is 0 Å². The van der Waals surface area contributed by atoms with Gasteiger partial charge in [0.15, 0.2) is 5.65 Å². The van der Waals surface area contributed by atoms with Crippen LogP contribution in [0, 0.1) is 0 Å². The molecule has 0 aliphatic rings. The van der Waals surface area contributed by atoms with E-state index in [-0.39, 0.29) is 5.56 Å². The zero-order valence-electron chi connectivity index (χ0n) is 12.0. The number of halogens is 1. The second-order valence-corrected chi connectivity index (χ2v) is 6.12. The van der Waals surface area contributed by atoms with Crippen LogP contribution < -0.4 is 5.56 Å². The molecule has 0 aliphatic carbocycles. The minimum Gasteiger partial charge on any atom is -0.296 e. The van der Waals surface area contributed by atoms with Crippen molar-refractivity contribution in [3.05, 3.63) is 81.7 Å². The van der Waals surface area contributed by atoms with Gasteiger partial charge in [0, 0.05) is 27.9 Å². The molecule has 5 heteroatoms. The molecule has 0 radical (unpaired) electrons. The number of aromatic amines is 1. The van der Waals surface area contributed by atoms with Gasteiger partial charge in [-0.2, -0.15) is 0 Å². The fourth-order valence-electron chi connectivity index (χ4n) is 2.61. The predicted molar refractivity (Wildman–Crippen MR) is 94.4 cm³/mol. The number of nitrogens with zero attached hydrogens (tertiary/aromatic N) is 2. The highest BCUT2D eigenvalue weighted by Crippen LogP contribution is 2.26. The number of fused-ring (bicyclic) bond motifs is 1. The maximum absolute atomic E-state index is 12.4. The Morgan fingerprint density at radius 1 is 0.957 bits per heavy atom. The highest BCUT2D eigenvalue weighted by molar-refractivity contribution is 9.10. The number of rotatable bonds is 2. The van der Waals surface area contributed by atoms with Crippen molar-refractivity contribution < 1.29 is 0 Å². The summed E-state index contributed by atoms with van der Waals surface area (Å²) in [5.74, 6) is 0. The first-order valence-electron chi connectivity index (χ1n) is 7.15. The average Bonchev–Trinajstić information content (AvgIpc) is 3.00. The van der Waals surface area contributed by atoms with Crippen molar-refractivity contribution in [2.45, 2.75) is 0 Å². The Bertz CT molecular complexity index is 1050. The van der Waals surface area contributed by atoms with Gasteiger partial charge in [-0.1, -0.05) is 58.4 Å². The van der Waals surface area contributed by atoms with Gasteiger partial charge in [-0.3, -0.25) is 9.89 Å². The smallest absolute Gasteiger partial charge is 0.273 e. The molecule has 0 spiro atoms. The number of aromatic nitrogens is 3. The summed E-state index contributed by atoms with van der Waals surface area (Å²) >= 11 is 3.48. The molecule has 0 saturated carbocycles. The monoisotopic (exact) mass is 365 g/mol. The van der Waals surface area contributed by atoms with Crippen molar-refractivity contribution in [1.82, 2.24) is 14.6 Å². The zero-order chi connectivity index (χ0) is 15.8. The van der Waals surface area contributed by atoms with Gasteiger partial charge < -0.3 is 0 Å². The normalized spacial score (nSPS) is 11.0. The summed E-state index contributed by atoms with van der Waals surface area (Å²) in [7, 11) is 0. The summed E-state index contributed by atoms with van der Waals surface area (Å²) in [6, 6.07) is 19.2. The van der Waals surface area contributed by atoms with E-state index in [1.807, 2.05) is 54.6 Å². The molecule has 112 valence electrons. The standard InChI is InChI=1S/C18H12BrN3O/c19-14-8-4-7-13(9-14)15-11-20-22-17(23)10-16(21-18(15)22)12-5-2-1-3-6-12/h1-11,20H. The highest BCUT2D eigenvalue weighted by Gasteiger charge is 2.11. The lowest BCUT2D eigenvalue weighted by atomic mass is 10.1. The van der Waals surface area contributed by atoms with E-state index in [0.717, 1.165) is 21.2 Å². The summed E-state index contributed by atoms with van der Waals surface area (Å²) < 4.78 is 2.44. The molecule has 0 atom stereocenters. The molecular weight excluding hydrogens is 354 g/mol. The first kappa shape index (κ1) is 14.0. The minimum atomic E-state index is -0.130. The number of H-pyrrole nitrogens is 1. The van der Waals surface area contributed by atoms with E-state index in [2.05, 4.69) is 26.0 Å². The summed E-state index contributed by atoms with van der Waals surface area (Å²) in [5.41, 5.74) is 3.97. The molecule has 4 rings (SSSR count). The SMILES string of the molecule is O=c1cc(-c2ccccc2)nc2c(-c3cccc(Br)c3)c[nH]n12. The Balaban J connectivity index is 1.98. The summed E-state index contributed by atoms with van der Waals surface area (Å²) in [4.78, 5) is 17.1. The molecule has 4 aromatic rings. The minimum absolute atomic E-state index is 0.130. The summed E-state index contributed by atoms with van der Waals surface area (Å²) in [5, 5.41) is 2.98. The van der Waals surface area contributed by atoms with Crippen LogP contribution >= 0.6 is 15.9 Å². The molecule has 1 N–H and O–H groups in total. The first-order valence-corrected chi connectivity index (χ1v) is 7.94. The van der Waals surface area contributed by atoms with Crippen LogP contribution in [-0.4, -0.2) is 14.6 Å². The molecule has 0 saturated heterocycles. The summed E-state index contributed by atoms with van der Waals surface area (Å²) in [6.07, 6.45) is 1.81. The Hall–Kier alpha value is -2.66. The molecule has 0 fully saturated rings. The molecule has 0 amide bonds. The Morgan fingerprint density at radius 3 is 2.52 bits per heavy atom. The van der Waals surface area contributed by atoms with E-state index in [0.29, 0.717) is 11.3 Å². The van der Waals surface area contributed by atoms with Crippen LogP contribution in [0.1, 0.15) is 0 Å². The van der Waals surface area contributed by atoms with Crippen LogP contribution in [0.4, 0.5) is 0 Å². The Labute approximate surface area is 140 Å². The average molecular weight is 366 g/mol. The quantitative estimate of drug-likeness (QED) is 0.580. The number of hydrogen-bond acceptors (Lipinski definition) is 2. The molecule has 0 aliphatic heterocycles. The molecule has 2 aromatic carbocycles. The molecule has 0 bridgehead atoms. The van der Waals surface area contributed by atoms with Gasteiger partial charge in [0.2, 0.25) is 0 Å². The van der Waals surface area contributed by atoms with Crippen molar-refractivity contribution in [1.29, 1.82) is 0 Å². The van der Waals surface area contributed by atoms with E-state index in [1.54, 1.807) is 12.3 Å². The third kappa shape index (κ3) is 2.49. The van der Waals surface area contributed by atoms with Crippen molar-refractivity contribution in [2.24, 2.45) is 0 Å². The third-order valence-corrected chi connectivity index (χ3v) is 4.20. The second kappa shape index (κ2) is 5.52. The molecule has 0 unspecified atom stereocenters. The van der Waals surface area contributed by atoms with Gasteiger partial charge >= 0.3 is 0 Å². The first-order chi connectivity index (χ1) is 11.2. The van der Waals surface area contributed by atoms with Crippen molar-refractivity contribution in [3.8, 4) is 22.4 Å². The van der Waals surface area contributed by atoms with Gasteiger partial charge in [0.05, 0.1) is 5.69 Å². The van der Waals surface area contributed by atoms with Gasteiger partial charge in [-0.25, -0.2) is 9.50 Å². The van der Waals surface area contributed by atoms with Crippen LogP contribution in [0.5, 0.6) is 0 Å². The lowest BCUT2D eigenvalue weighted by Crippen LogP contribution is -2.14. The van der Waals surface area contributed by atoms with Gasteiger partial charge in [0.1, 0.15) is 0 Å². The van der Waals surface area contributed by atoms with Crippen molar-refractivity contribution in [2.75, 3.05) is 0 Å².